The smallest absolute Gasteiger partial charge is 0.148 e. The Bertz CT molecular complexity index is 469. The first-order valence-electron chi connectivity index (χ1n) is 5.01. The molecule has 0 unspecified atom stereocenters. The largest absolute Gasteiger partial charge is 0.479 e. The molecule has 0 atom stereocenters. The predicted molar refractivity (Wildman–Crippen MR) is 69.5 cm³/mol. The lowest BCUT2D eigenvalue weighted by Gasteiger charge is -2.22. The monoisotopic (exact) mass is 222 g/mol. The Morgan fingerprint density at radius 3 is 2.47 bits per heavy atom. The fourth-order valence-corrected chi connectivity index (χ4v) is 1.34. The van der Waals surface area contributed by atoms with Gasteiger partial charge in [0.2, 0.25) is 0 Å². The van der Waals surface area contributed by atoms with Crippen LogP contribution in [0.4, 0.5) is 5.69 Å². The van der Waals surface area contributed by atoms with Gasteiger partial charge in [0.1, 0.15) is 12.4 Å². The van der Waals surface area contributed by atoms with E-state index < -0.39 is 0 Å². The van der Waals surface area contributed by atoms with Crippen molar-refractivity contribution in [3.8, 4) is 42.8 Å². The summed E-state index contributed by atoms with van der Waals surface area (Å²) in [5.41, 5.74) is 0.804. The van der Waals surface area contributed by atoms with Gasteiger partial charge in [-0.25, -0.2) is 0 Å². The van der Waals surface area contributed by atoms with E-state index in [1.165, 1.54) is 0 Å². The summed E-state index contributed by atoms with van der Waals surface area (Å²) in [4.78, 5) is 1.85. The summed E-state index contributed by atoms with van der Waals surface area (Å²) in [6.45, 7) is 1.03. The van der Waals surface area contributed by atoms with E-state index in [4.69, 9.17) is 24.0 Å². The molecule has 2 heteroatoms. The molecule has 1 radical (unpaired) electrons. The van der Waals surface area contributed by atoms with Crippen LogP contribution in [0.1, 0.15) is 0 Å². The summed E-state index contributed by atoms with van der Waals surface area (Å²) in [7, 11) is 0. The third-order valence-electron chi connectivity index (χ3n) is 2.02. The van der Waals surface area contributed by atoms with E-state index in [0.29, 0.717) is 18.8 Å². The molecule has 0 bridgehead atoms. The van der Waals surface area contributed by atoms with Crippen molar-refractivity contribution in [2.24, 2.45) is 0 Å². The van der Waals surface area contributed by atoms with Gasteiger partial charge in [0, 0.05) is 0 Å². The molecule has 17 heavy (non-hydrogen) atoms. The zero-order chi connectivity index (χ0) is 12.5. The summed E-state index contributed by atoms with van der Waals surface area (Å²) in [5.74, 6) is 8.18. The molecule has 0 heterocycles. The van der Waals surface area contributed by atoms with Gasteiger partial charge in [0.05, 0.1) is 18.8 Å². The Kier molecular flexibility index (Phi) is 5.09. The van der Waals surface area contributed by atoms with Gasteiger partial charge in [0.15, 0.2) is 0 Å². The van der Waals surface area contributed by atoms with Crippen molar-refractivity contribution in [3.63, 3.8) is 0 Å². The highest BCUT2D eigenvalue weighted by Gasteiger charge is 2.09. The fraction of sp³-hybridized carbons (Fsp3) is 0.200. The average molecular weight is 222 g/mol. The number of ether oxygens (including phenoxy) is 1. The summed E-state index contributed by atoms with van der Waals surface area (Å²) in [6.07, 6.45) is 15.8. The molecule has 1 rings (SSSR count). The molecule has 1 aromatic carbocycles. The van der Waals surface area contributed by atoms with Crippen LogP contribution in [0.5, 0.6) is 5.75 Å². The Morgan fingerprint density at radius 1 is 1.18 bits per heavy atom. The number of anilines is 1. The Hall–Kier alpha value is -2.50. The highest BCUT2D eigenvalue weighted by atomic mass is 16.5. The second-order valence-electron chi connectivity index (χ2n) is 3.15. The standard InChI is InChI=1S/C15H12NO/c1-4-11-16(12-5-2)14-9-7-8-10-15(14)17-13-6-3/h1-3,8-10H,11-13H2. The maximum atomic E-state index is 5.42. The van der Waals surface area contributed by atoms with Crippen molar-refractivity contribution < 1.29 is 4.74 Å². The first kappa shape index (κ1) is 12.6. The zero-order valence-corrected chi connectivity index (χ0v) is 9.44. The molecule has 0 saturated heterocycles. The lowest BCUT2D eigenvalue weighted by molar-refractivity contribution is 0.371. The number of rotatable bonds is 5. The van der Waals surface area contributed by atoms with Crippen LogP contribution in [0, 0.1) is 43.1 Å². The molecule has 0 saturated carbocycles. The first-order chi connectivity index (χ1) is 8.33. The van der Waals surface area contributed by atoms with Crippen molar-refractivity contribution in [2.75, 3.05) is 24.6 Å². The van der Waals surface area contributed by atoms with E-state index in [1.54, 1.807) is 18.2 Å². The molecule has 0 N–H and O–H groups in total. The van der Waals surface area contributed by atoms with Crippen molar-refractivity contribution in [1.82, 2.24) is 0 Å². The molecule has 1 aromatic rings. The quantitative estimate of drug-likeness (QED) is 0.701. The second-order valence-corrected chi connectivity index (χ2v) is 3.15. The number of nitrogens with zero attached hydrogens (tertiary/aromatic N) is 1. The van der Waals surface area contributed by atoms with Crippen molar-refractivity contribution >= 4 is 5.69 Å². The minimum absolute atomic E-state index is 0.205. The van der Waals surface area contributed by atoms with Gasteiger partial charge in [-0.2, -0.15) is 0 Å². The highest BCUT2D eigenvalue weighted by molar-refractivity contribution is 5.59. The van der Waals surface area contributed by atoms with E-state index in [0.717, 1.165) is 5.69 Å². The predicted octanol–water partition coefficient (Wildman–Crippen LogP) is 1.57. The highest BCUT2D eigenvalue weighted by Crippen LogP contribution is 2.27. The molecule has 0 aliphatic heterocycles. The Labute approximate surface area is 103 Å². The number of hydrogen-bond donors (Lipinski definition) is 0. The summed E-state index contributed by atoms with van der Waals surface area (Å²) < 4.78 is 5.42. The van der Waals surface area contributed by atoms with Crippen LogP contribution in [-0.2, 0) is 0 Å². The molecule has 0 aliphatic carbocycles. The molecular weight excluding hydrogens is 210 g/mol. The van der Waals surface area contributed by atoms with Gasteiger partial charge in [-0.3, -0.25) is 0 Å². The summed E-state index contributed by atoms with van der Waals surface area (Å²) in [6, 6.07) is 8.28. The normalized spacial score (nSPS) is 8.53. The lowest BCUT2D eigenvalue weighted by atomic mass is 10.2. The van der Waals surface area contributed by atoms with Crippen molar-refractivity contribution in [2.45, 2.75) is 0 Å². The van der Waals surface area contributed by atoms with Crippen molar-refractivity contribution in [3.05, 3.63) is 24.3 Å². The van der Waals surface area contributed by atoms with Gasteiger partial charge in [-0.15, -0.1) is 19.3 Å². The summed E-state index contributed by atoms with van der Waals surface area (Å²) in [5, 5.41) is 0. The summed E-state index contributed by atoms with van der Waals surface area (Å²) >= 11 is 0. The molecule has 83 valence electrons. The Morgan fingerprint density at radius 2 is 1.88 bits per heavy atom. The van der Waals surface area contributed by atoms with Crippen LogP contribution in [0.15, 0.2) is 18.2 Å². The van der Waals surface area contributed by atoms with Gasteiger partial charge in [0.25, 0.3) is 0 Å². The third kappa shape index (κ3) is 3.53. The average Bonchev–Trinajstić information content (AvgIpc) is 2.36. The van der Waals surface area contributed by atoms with E-state index >= 15 is 0 Å². The van der Waals surface area contributed by atoms with E-state index in [-0.39, 0.29) is 6.61 Å². The molecule has 0 aliphatic rings. The SMILES string of the molecule is C#CCOc1cc[c]cc1N(CC#C)CC#C. The van der Waals surface area contributed by atoms with Crippen LogP contribution >= 0.6 is 0 Å². The number of terminal acetylenes is 3. The molecular formula is C15H12NO. The van der Waals surface area contributed by atoms with Gasteiger partial charge in [-0.05, 0) is 18.2 Å². The molecule has 2 nitrogen and oxygen atoms in total. The topological polar surface area (TPSA) is 12.5 Å². The van der Waals surface area contributed by atoms with Crippen LogP contribution in [0.3, 0.4) is 0 Å². The number of benzene rings is 1. The van der Waals surface area contributed by atoms with Gasteiger partial charge < -0.3 is 9.64 Å². The molecule has 0 aromatic heterocycles. The van der Waals surface area contributed by atoms with Crippen LogP contribution in [0.2, 0.25) is 0 Å². The minimum Gasteiger partial charge on any atom is -0.479 e. The molecule has 0 fully saturated rings. The molecule has 0 spiro atoms. The van der Waals surface area contributed by atoms with E-state index in [9.17, 15) is 0 Å². The van der Waals surface area contributed by atoms with Gasteiger partial charge in [-0.1, -0.05) is 23.8 Å². The van der Waals surface area contributed by atoms with E-state index in [1.807, 2.05) is 4.90 Å². The van der Waals surface area contributed by atoms with E-state index in [2.05, 4.69) is 23.8 Å². The third-order valence-corrected chi connectivity index (χ3v) is 2.02. The van der Waals surface area contributed by atoms with Gasteiger partial charge >= 0.3 is 0 Å². The van der Waals surface area contributed by atoms with Crippen LogP contribution in [0.25, 0.3) is 0 Å². The minimum atomic E-state index is 0.205. The fourth-order valence-electron chi connectivity index (χ4n) is 1.34. The zero-order valence-electron chi connectivity index (χ0n) is 9.44. The van der Waals surface area contributed by atoms with Crippen LogP contribution < -0.4 is 9.64 Å². The maximum absolute atomic E-state index is 5.42. The second kappa shape index (κ2) is 6.89. The number of hydrogen-bond acceptors (Lipinski definition) is 2. The van der Waals surface area contributed by atoms with Crippen molar-refractivity contribution in [1.29, 1.82) is 0 Å². The lowest BCUT2D eigenvalue weighted by Crippen LogP contribution is -2.24. The maximum Gasteiger partial charge on any atom is 0.148 e. The Balaban J connectivity index is 2.98. The van der Waals surface area contributed by atoms with Crippen LogP contribution in [-0.4, -0.2) is 19.7 Å². The first-order valence-corrected chi connectivity index (χ1v) is 5.01. The molecule has 0 amide bonds.